The molecule has 66 heavy (non-hydrogen) atoms. The monoisotopic (exact) mass is 890 g/mol. The first-order chi connectivity index (χ1) is 32.1. The van der Waals surface area contributed by atoms with E-state index >= 15 is 14.4 Å². The lowest BCUT2D eigenvalue weighted by molar-refractivity contribution is -0.179. The van der Waals surface area contributed by atoms with E-state index < -0.39 is 65.5 Å². The molecule has 9 rings (SSSR count). The summed E-state index contributed by atoms with van der Waals surface area (Å²) >= 11 is 0. The SMILES string of the molecule is COCCOC(=O)N1C(=O)[C@@]2(c3cc(C#CCNC(N)=O)ccc31)[C@H](c1ccc(O)cc1)N1[C@H](c3ccccc3)[C@H](c3ccccc3)OC(=O)[C@H]1[C@@H]2C(=O)N1CCN(c2ncccn2)CC1. The maximum atomic E-state index is 16.3. The third kappa shape index (κ3) is 7.69. The molecule has 0 radical (unpaired) electrons. The molecule has 1 spiro atoms. The summed E-state index contributed by atoms with van der Waals surface area (Å²) in [5.74, 6) is 2.76. The number of esters is 1. The minimum atomic E-state index is -2.06. The van der Waals surface area contributed by atoms with Gasteiger partial charge in [-0.15, -0.1) is 0 Å². The summed E-state index contributed by atoms with van der Waals surface area (Å²) in [7, 11) is 1.45. The molecule has 4 aromatic carbocycles. The Bertz CT molecular complexity index is 2690. The highest BCUT2D eigenvalue weighted by atomic mass is 16.6. The molecule has 3 saturated heterocycles. The molecule has 0 unspecified atom stereocenters. The van der Waals surface area contributed by atoms with Crippen LogP contribution in [0.1, 0.15) is 46.0 Å². The second-order valence-electron chi connectivity index (χ2n) is 16.2. The number of imide groups is 1. The summed E-state index contributed by atoms with van der Waals surface area (Å²) in [6.45, 7) is 0.830. The molecule has 336 valence electrons. The van der Waals surface area contributed by atoms with E-state index in [-0.39, 0.29) is 49.8 Å². The van der Waals surface area contributed by atoms with Crippen molar-refractivity contribution >= 4 is 41.5 Å². The van der Waals surface area contributed by atoms with Gasteiger partial charge < -0.3 is 40.2 Å². The summed E-state index contributed by atoms with van der Waals surface area (Å²) in [6.07, 6.45) is 1.34. The molecule has 3 fully saturated rings. The number of aromatic hydroxyl groups is 1. The van der Waals surface area contributed by atoms with E-state index in [2.05, 4.69) is 27.1 Å². The maximum absolute atomic E-state index is 16.3. The molecule has 4 aliphatic rings. The average Bonchev–Trinajstić information content (AvgIpc) is 3.80. The Morgan fingerprint density at radius 1 is 0.848 bits per heavy atom. The number of piperazine rings is 1. The van der Waals surface area contributed by atoms with Crippen LogP contribution in [0.25, 0.3) is 0 Å². The van der Waals surface area contributed by atoms with Gasteiger partial charge in [-0.25, -0.2) is 24.5 Å². The van der Waals surface area contributed by atoms with E-state index in [0.29, 0.717) is 35.7 Å². The molecule has 6 atom stereocenters. The van der Waals surface area contributed by atoms with Gasteiger partial charge in [-0.2, -0.15) is 0 Å². The van der Waals surface area contributed by atoms with Crippen LogP contribution in [0, 0.1) is 17.8 Å². The lowest BCUT2D eigenvalue weighted by Crippen LogP contribution is -2.59. The van der Waals surface area contributed by atoms with Crippen molar-refractivity contribution in [1.82, 2.24) is 25.1 Å². The largest absolute Gasteiger partial charge is 0.508 e. The van der Waals surface area contributed by atoms with Gasteiger partial charge in [0.2, 0.25) is 17.8 Å². The Balaban J connectivity index is 1.31. The number of fused-ring (bicyclic) bond motifs is 3. The maximum Gasteiger partial charge on any atom is 0.421 e. The molecule has 5 aromatic rings. The number of carbonyl (C=O) groups excluding carboxylic acids is 5. The van der Waals surface area contributed by atoms with Gasteiger partial charge in [0.1, 0.15) is 29.9 Å². The molecule has 5 amide bonds. The number of urea groups is 1. The highest BCUT2D eigenvalue weighted by Crippen LogP contribution is 2.66. The zero-order valence-corrected chi connectivity index (χ0v) is 35.9. The number of carbonyl (C=O) groups is 5. The topological polar surface area (TPSA) is 210 Å². The summed E-state index contributed by atoms with van der Waals surface area (Å²) in [5, 5.41) is 13.2. The van der Waals surface area contributed by atoms with E-state index in [9.17, 15) is 14.7 Å². The number of phenols is 1. The lowest BCUT2D eigenvalue weighted by atomic mass is 9.65. The quantitative estimate of drug-likeness (QED) is 0.109. The van der Waals surface area contributed by atoms with E-state index in [4.69, 9.17) is 19.9 Å². The first-order valence-electron chi connectivity index (χ1n) is 21.5. The van der Waals surface area contributed by atoms with Crippen LogP contribution >= 0.6 is 0 Å². The molecule has 0 aliphatic carbocycles. The summed E-state index contributed by atoms with van der Waals surface area (Å²) < 4.78 is 17.4. The lowest BCUT2D eigenvalue weighted by Gasteiger charge is -2.46. The Morgan fingerprint density at radius 2 is 1.53 bits per heavy atom. The number of rotatable bonds is 9. The van der Waals surface area contributed by atoms with Gasteiger partial charge in [-0.1, -0.05) is 84.6 Å². The van der Waals surface area contributed by atoms with Crippen molar-refractivity contribution in [3.63, 3.8) is 0 Å². The number of morpholine rings is 1. The van der Waals surface area contributed by atoms with Crippen molar-refractivity contribution in [3.05, 3.63) is 149 Å². The first-order valence-corrected chi connectivity index (χ1v) is 21.5. The van der Waals surface area contributed by atoms with Gasteiger partial charge in [-0.3, -0.25) is 19.3 Å². The molecule has 17 nitrogen and oxygen atoms in total. The van der Waals surface area contributed by atoms with Crippen LogP contribution in [0.3, 0.4) is 0 Å². The Kier molecular flexibility index (Phi) is 12.1. The number of nitrogens with two attached hydrogens (primary N) is 1. The van der Waals surface area contributed by atoms with E-state index in [0.717, 1.165) is 10.5 Å². The Morgan fingerprint density at radius 3 is 2.20 bits per heavy atom. The van der Waals surface area contributed by atoms with E-state index in [1.807, 2.05) is 70.5 Å². The molecule has 1 aromatic heterocycles. The fourth-order valence-corrected chi connectivity index (χ4v) is 9.93. The van der Waals surface area contributed by atoms with Gasteiger partial charge in [-0.05, 0) is 58.7 Å². The van der Waals surface area contributed by atoms with Crippen LogP contribution in [0.5, 0.6) is 5.75 Å². The second kappa shape index (κ2) is 18.4. The van der Waals surface area contributed by atoms with Gasteiger partial charge >= 0.3 is 18.1 Å². The van der Waals surface area contributed by atoms with Gasteiger partial charge in [0.05, 0.1) is 36.8 Å². The molecule has 17 heteroatoms. The van der Waals surface area contributed by atoms with Crippen molar-refractivity contribution < 1.29 is 43.3 Å². The molecule has 0 saturated carbocycles. The highest BCUT2D eigenvalue weighted by molar-refractivity contribution is 6.23. The number of aromatic nitrogens is 2. The van der Waals surface area contributed by atoms with Gasteiger partial charge in [0.15, 0.2) is 0 Å². The highest BCUT2D eigenvalue weighted by Gasteiger charge is 2.76. The number of anilines is 2. The number of primary amides is 1. The Labute approximate surface area is 380 Å². The number of methoxy groups -OCH3 is 1. The molecule has 5 heterocycles. The fourth-order valence-electron chi connectivity index (χ4n) is 9.93. The van der Waals surface area contributed by atoms with Crippen molar-refractivity contribution in [3.8, 4) is 17.6 Å². The number of benzene rings is 4. The number of phenolic OH excluding ortho intramolecular Hbond substituents is 1. The Hall–Kier alpha value is -7.81. The number of ether oxygens (including phenoxy) is 3. The second-order valence-corrected chi connectivity index (χ2v) is 16.2. The zero-order valence-electron chi connectivity index (χ0n) is 35.9. The molecule has 0 bridgehead atoms. The fraction of sp³-hybridized carbons (Fsp3) is 0.286. The van der Waals surface area contributed by atoms with Gasteiger partial charge in [0.25, 0.3) is 0 Å². The third-order valence-electron chi connectivity index (χ3n) is 12.6. The van der Waals surface area contributed by atoms with Crippen molar-refractivity contribution in [2.24, 2.45) is 11.7 Å². The van der Waals surface area contributed by atoms with Crippen LogP contribution in [-0.2, 0) is 34.0 Å². The van der Waals surface area contributed by atoms with E-state index in [1.165, 1.54) is 19.2 Å². The van der Waals surface area contributed by atoms with Crippen molar-refractivity contribution in [1.29, 1.82) is 0 Å². The number of nitrogens with one attached hydrogen (secondary N) is 1. The number of cyclic esters (lactones) is 1. The van der Waals surface area contributed by atoms with Gasteiger partial charge in [0, 0.05) is 51.2 Å². The predicted octanol–water partition coefficient (Wildman–Crippen LogP) is 4.00. The molecular weight excluding hydrogens is 845 g/mol. The summed E-state index contributed by atoms with van der Waals surface area (Å²) in [5.41, 5.74) is 5.86. The minimum Gasteiger partial charge on any atom is -0.508 e. The third-order valence-corrected chi connectivity index (χ3v) is 12.6. The van der Waals surface area contributed by atoms with Crippen molar-refractivity contribution in [2.45, 2.75) is 29.6 Å². The first kappa shape index (κ1) is 43.4. The average molecular weight is 891 g/mol. The van der Waals surface area contributed by atoms with Crippen LogP contribution in [0.2, 0.25) is 0 Å². The normalized spacial score (nSPS) is 23.3. The minimum absolute atomic E-state index is 0.0399. The predicted molar refractivity (Wildman–Crippen MR) is 239 cm³/mol. The smallest absolute Gasteiger partial charge is 0.421 e. The number of nitrogens with zero attached hydrogens (tertiary/aromatic N) is 6. The summed E-state index contributed by atoms with van der Waals surface area (Å²) in [4.78, 5) is 88.9. The standard InChI is InChI=1S/C49H46N8O9/c1-64-28-29-65-48(63)56-37-20-15-31(10-8-21-51-46(50)62)30-36(37)49(45(56)61)38(43(59)54-24-26-55(27-25-54)47-52-22-9-23-53-47)40-44(60)66-41(33-13-6-3-7-14-33)39(32-11-4-2-5-12-32)57(40)42(49)34-16-18-35(58)19-17-34/h2-7,9,11-20,22-23,30,38-42,58H,21,24-29H2,1H3,(H3,50,51,62)/t38-,39-,40-,41+,42+,49-/m1/s1. The molecule has 4 aliphatic heterocycles. The molecular formula is C49H46N8O9. The van der Waals surface area contributed by atoms with E-state index in [1.54, 1.807) is 53.7 Å². The zero-order chi connectivity index (χ0) is 46.0. The number of hydrogen-bond acceptors (Lipinski definition) is 13. The van der Waals surface area contributed by atoms with Crippen LogP contribution in [0.15, 0.2) is 122 Å². The number of hydrogen-bond donors (Lipinski definition) is 3. The van der Waals surface area contributed by atoms with Crippen LogP contribution < -0.4 is 20.9 Å². The van der Waals surface area contributed by atoms with Crippen molar-refractivity contribution in [2.75, 3.05) is 62.8 Å². The molecule has 4 N–H and O–H groups in total. The number of amides is 5. The van der Waals surface area contributed by atoms with Crippen LogP contribution in [0.4, 0.5) is 21.2 Å². The van der Waals surface area contributed by atoms with Crippen LogP contribution in [-0.4, -0.2) is 114 Å². The summed E-state index contributed by atoms with van der Waals surface area (Å²) in [6, 6.07) is 27.4.